The summed E-state index contributed by atoms with van der Waals surface area (Å²) in [5.41, 5.74) is 1.84. The molecule has 0 aliphatic heterocycles. The Labute approximate surface area is 123 Å². The fourth-order valence-electron chi connectivity index (χ4n) is 2.24. The highest BCUT2D eigenvalue weighted by molar-refractivity contribution is 7.71. The van der Waals surface area contributed by atoms with Gasteiger partial charge in [-0.3, -0.25) is 0 Å². The number of nitrogens with zero attached hydrogens (tertiary/aromatic N) is 1. The molecule has 0 radical (unpaired) electrons. The molecule has 5 heteroatoms. The van der Waals surface area contributed by atoms with Gasteiger partial charge in [-0.1, -0.05) is 44.2 Å². The second-order valence-electron chi connectivity index (χ2n) is 4.88. The molecule has 20 heavy (non-hydrogen) atoms. The molecule has 1 N–H and O–H groups in total. The number of benzene rings is 1. The molecule has 0 spiro atoms. The Morgan fingerprint density at radius 1 is 1.30 bits per heavy atom. The third kappa shape index (κ3) is 2.67. The van der Waals surface area contributed by atoms with Gasteiger partial charge in [0.15, 0.2) is 10.8 Å². The third-order valence-corrected chi connectivity index (χ3v) is 3.54. The number of carbonyl (C=O) groups excluding carboxylic acids is 1. The van der Waals surface area contributed by atoms with Crippen LogP contribution < -0.4 is 0 Å². The predicted octanol–water partition coefficient (Wildman–Crippen LogP) is 3.43. The molecule has 0 amide bonds. The van der Waals surface area contributed by atoms with Crippen LogP contribution in [0.1, 0.15) is 37.1 Å². The summed E-state index contributed by atoms with van der Waals surface area (Å²) in [6.07, 6.45) is 1.85. The Morgan fingerprint density at radius 2 is 1.95 bits per heavy atom. The number of esters is 1. The predicted molar refractivity (Wildman–Crippen MR) is 80.3 cm³/mol. The molecule has 2 aromatic rings. The first-order valence-corrected chi connectivity index (χ1v) is 6.89. The Hall–Kier alpha value is -1.88. The normalized spacial score (nSPS) is 12.4. The molecule has 1 atom stereocenters. The van der Waals surface area contributed by atoms with Gasteiger partial charge in [0.1, 0.15) is 0 Å². The molecule has 0 fully saturated rings. The van der Waals surface area contributed by atoms with Crippen LogP contribution in [-0.2, 0) is 9.53 Å². The zero-order chi connectivity index (χ0) is 14.7. The van der Waals surface area contributed by atoms with Crippen LogP contribution in [-0.4, -0.2) is 22.6 Å². The van der Waals surface area contributed by atoms with Crippen LogP contribution in [0.15, 0.2) is 36.5 Å². The largest absolute Gasteiger partial charge is 0.467 e. The van der Waals surface area contributed by atoms with Crippen LogP contribution in [0.25, 0.3) is 0 Å². The van der Waals surface area contributed by atoms with Gasteiger partial charge in [0, 0.05) is 11.9 Å². The van der Waals surface area contributed by atoms with Crippen molar-refractivity contribution in [1.82, 2.24) is 9.55 Å². The van der Waals surface area contributed by atoms with E-state index in [-0.39, 0.29) is 11.9 Å². The van der Waals surface area contributed by atoms with E-state index in [4.69, 9.17) is 17.0 Å². The fraction of sp³-hybridized carbons (Fsp3) is 0.333. The van der Waals surface area contributed by atoms with E-state index in [1.54, 1.807) is 0 Å². The van der Waals surface area contributed by atoms with Gasteiger partial charge < -0.3 is 14.3 Å². The van der Waals surface area contributed by atoms with Gasteiger partial charge in [-0.05, 0) is 23.7 Å². The molecule has 1 unspecified atom stereocenters. The van der Waals surface area contributed by atoms with Crippen molar-refractivity contribution in [3.8, 4) is 0 Å². The van der Waals surface area contributed by atoms with Crippen LogP contribution in [0.3, 0.4) is 0 Å². The van der Waals surface area contributed by atoms with Crippen molar-refractivity contribution in [2.75, 3.05) is 7.11 Å². The highest BCUT2D eigenvalue weighted by Gasteiger charge is 2.26. The van der Waals surface area contributed by atoms with Crippen molar-refractivity contribution in [2.24, 2.45) is 0 Å². The molecular weight excluding hydrogens is 272 g/mol. The molecule has 0 saturated heterocycles. The maximum atomic E-state index is 12.2. The number of aromatic amines is 1. The number of hydrogen-bond donors (Lipinski definition) is 1. The van der Waals surface area contributed by atoms with Gasteiger partial charge in [-0.15, -0.1) is 0 Å². The fourth-order valence-corrected chi connectivity index (χ4v) is 2.51. The van der Waals surface area contributed by atoms with E-state index in [1.165, 1.54) is 7.11 Å². The lowest BCUT2D eigenvalue weighted by molar-refractivity contribution is -0.143. The summed E-state index contributed by atoms with van der Waals surface area (Å²) in [6, 6.07) is 8.96. The zero-order valence-electron chi connectivity index (χ0n) is 11.8. The number of ether oxygens (including phenoxy) is 1. The molecule has 0 aliphatic rings. The van der Waals surface area contributed by atoms with Crippen LogP contribution in [0.5, 0.6) is 0 Å². The standard InChI is InChI=1S/C15H18N2O2S/c1-10(2)12-9-16-15(20)17(12)13(14(18)19-3)11-7-5-4-6-8-11/h4-10,13H,1-3H3,(H,16,20). The van der Waals surface area contributed by atoms with Crippen molar-refractivity contribution in [1.29, 1.82) is 0 Å². The van der Waals surface area contributed by atoms with Crippen molar-refractivity contribution in [2.45, 2.75) is 25.8 Å². The monoisotopic (exact) mass is 290 g/mol. The van der Waals surface area contributed by atoms with Crippen molar-refractivity contribution in [3.05, 3.63) is 52.6 Å². The van der Waals surface area contributed by atoms with Crippen LogP contribution in [0, 0.1) is 4.77 Å². The second kappa shape index (κ2) is 6.05. The maximum absolute atomic E-state index is 12.2. The molecule has 0 aliphatic carbocycles. The highest BCUT2D eigenvalue weighted by atomic mass is 32.1. The smallest absolute Gasteiger partial charge is 0.333 e. The number of rotatable bonds is 4. The Bertz CT molecular complexity index is 643. The molecule has 1 heterocycles. The molecule has 0 saturated carbocycles. The van der Waals surface area contributed by atoms with Gasteiger partial charge in [-0.25, -0.2) is 4.79 Å². The van der Waals surface area contributed by atoms with Crippen LogP contribution in [0.2, 0.25) is 0 Å². The topological polar surface area (TPSA) is 47.0 Å². The van der Waals surface area contributed by atoms with E-state index in [0.29, 0.717) is 4.77 Å². The maximum Gasteiger partial charge on any atom is 0.333 e. The summed E-state index contributed by atoms with van der Waals surface area (Å²) >= 11 is 5.34. The number of H-pyrrole nitrogens is 1. The van der Waals surface area contributed by atoms with E-state index >= 15 is 0 Å². The van der Waals surface area contributed by atoms with Gasteiger partial charge >= 0.3 is 5.97 Å². The SMILES string of the molecule is COC(=O)C(c1ccccc1)n1c(C(C)C)c[nH]c1=S. The minimum absolute atomic E-state index is 0.249. The summed E-state index contributed by atoms with van der Waals surface area (Å²) < 4.78 is 7.32. The average Bonchev–Trinajstić information content (AvgIpc) is 2.82. The van der Waals surface area contributed by atoms with E-state index in [1.807, 2.05) is 41.1 Å². The van der Waals surface area contributed by atoms with Gasteiger partial charge in [0.2, 0.25) is 0 Å². The molecule has 1 aromatic carbocycles. The highest BCUT2D eigenvalue weighted by Crippen LogP contribution is 2.26. The number of aromatic nitrogens is 2. The van der Waals surface area contributed by atoms with E-state index in [2.05, 4.69) is 18.8 Å². The lowest BCUT2D eigenvalue weighted by Gasteiger charge is -2.20. The first-order valence-electron chi connectivity index (χ1n) is 6.48. The van der Waals surface area contributed by atoms with E-state index in [9.17, 15) is 4.79 Å². The van der Waals surface area contributed by atoms with Gasteiger partial charge in [0.05, 0.1) is 7.11 Å². The molecule has 2 rings (SSSR count). The van der Waals surface area contributed by atoms with E-state index in [0.717, 1.165) is 11.3 Å². The number of carbonyl (C=O) groups is 1. The summed E-state index contributed by atoms with van der Waals surface area (Å²) in [5, 5.41) is 0. The molecule has 106 valence electrons. The first-order chi connectivity index (χ1) is 9.56. The van der Waals surface area contributed by atoms with Crippen LogP contribution in [0.4, 0.5) is 0 Å². The second-order valence-corrected chi connectivity index (χ2v) is 5.27. The summed E-state index contributed by atoms with van der Waals surface area (Å²) in [5.74, 6) is -0.0763. The minimum Gasteiger partial charge on any atom is -0.467 e. The Morgan fingerprint density at radius 3 is 2.50 bits per heavy atom. The summed E-state index contributed by atoms with van der Waals surface area (Å²) in [6.45, 7) is 4.13. The molecular formula is C15H18N2O2S. The first kappa shape index (κ1) is 14.5. The zero-order valence-corrected chi connectivity index (χ0v) is 12.6. The molecule has 1 aromatic heterocycles. The number of hydrogen-bond acceptors (Lipinski definition) is 3. The van der Waals surface area contributed by atoms with Crippen molar-refractivity contribution >= 4 is 18.2 Å². The number of imidazole rings is 1. The summed E-state index contributed by atoms with van der Waals surface area (Å²) in [7, 11) is 1.39. The molecule has 0 bridgehead atoms. The van der Waals surface area contributed by atoms with E-state index < -0.39 is 6.04 Å². The Balaban J connectivity index is 2.62. The minimum atomic E-state index is -0.558. The third-order valence-electron chi connectivity index (χ3n) is 3.23. The molecule has 4 nitrogen and oxygen atoms in total. The van der Waals surface area contributed by atoms with Crippen LogP contribution >= 0.6 is 12.2 Å². The number of methoxy groups -OCH3 is 1. The van der Waals surface area contributed by atoms with Gasteiger partial charge in [0.25, 0.3) is 0 Å². The quantitative estimate of drug-likeness (QED) is 0.693. The van der Waals surface area contributed by atoms with Gasteiger partial charge in [-0.2, -0.15) is 0 Å². The van der Waals surface area contributed by atoms with Crippen molar-refractivity contribution in [3.63, 3.8) is 0 Å². The lowest BCUT2D eigenvalue weighted by Crippen LogP contribution is -2.24. The Kier molecular flexibility index (Phi) is 4.39. The number of nitrogens with one attached hydrogen (secondary N) is 1. The van der Waals surface area contributed by atoms with Crippen molar-refractivity contribution < 1.29 is 9.53 Å². The lowest BCUT2D eigenvalue weighted by atomic mass is 10.0. The summed E-state index contributed by atoms with van der Waals surface area (Å²) in [4.78, 5) is 15.3. The average molecular weight is 290 g/mol.